The van der Waals surface area contributed by atoms with Crippen LogP contribution in [0.2, 0.25) is 0 Å². The van der Waals surface area contributed by atoms with Gasteiger partial charge in [-0.1, -0.05) is 25.1 Å². The van der Waals surface area contributed by atoms with E-state index in [1.165, 1.54) is 6.20 Å². The maximum atomic E-state index is 12.3. The van der Waals surface area contributed by atoms with Crippen LogP contribution >= 0.6 is 0 Å². The predicted octanol–water partition coefficient (Wildman–Crippen LogP) is 3.11. The molecule has 3 aromatic rings. The molecule has 0 atom stereocenters. The van der Waals surface area contributed by atoms with E-state index in [4.69, 9.17) is 10.5 Å². The van der Waals surface area contributed by atoms with Gasteiger partial charge in [0, 0.05) is 12.1 Å². The van der Waals surface area contributed by atoms with Crippen LogP contribution < -0.4 is 15.8 Å². The zero-order valence-corrected chi connectivity index (χ0v) is 16.5. The van der Waals surface area contributed by atoms with Crippen molar-refractivity contribution in [3.63, 3.8) is 0 Å². The third-order valence-electron chi connectivity index (χ3n) is 4.68. The summed E-state index contributed by atoms with van der Waals surface area (Å²) in [5.74, 6) is 0.214. The molecule has 0 unspecified atom stereocenters. The summed E-state index contributed by atoms with van der Waals surface area (Å²) < 4.78 is 7.01. The molecule has 2 aromatic carbocycles. The lowest BCUT2D eigenvalue weighted by Crippen LogP contribution is -2.14. The van der Waals surface area contributed by atoms with Crippen LogP contribution in [0.25, 0.3) is 5.69 Å². The monoisotopic (exact) mass is 392 g/mol. The Morgan fingerprint density at radius 1 is 1.14 bits per heavy atom. The summed E-state index contributed by atoms with van der Waals surface area (Å²) in [4.78, 5) is 23.8. The molecule has 29 heavy (non-hydrogen) atoms. The van der Waals surface area contributed by atoms with E-state index in [1.54, 1.807) is 23.9 Å². The standard InChI is InChI=1S/C22H24N4O3/c1-3-19-18(22(23)28)14-24-26(19)17-11-9-16(10-12-17)25-21(27)13-8-15-6-4-5-7-20(15)29-2/h4-7,9-12,14H,3,8,13H2,1-2H3,(H2,23,28)(H,25,27). The Labute approximate surface area is 169 Å². The molecule has 0 spiro atoms. The number of carbonyl (C=O) groups excluding carboxylic acids is 2. The minimum Gasteiger partial charge on any atom is -0.496 e. The van der Waals surface area contributed by atoms with Gasteiger partial charge in [-0.05, 0) is 48.7 Å². The third-order valence-corrected chi connectivity index (χ3v) is 4.68. The van der Waals surface area contributed by atoms with Crippen molar-refractivity contribution >= 4 is 17.5 Å². The molecule has 0 saturated carbocycles. The maximum Gasteiger partial charge on any atom is 0.252 e. The SMILES string of the molecule is CCc1c(C(N)=O)cnn1-c1ccc(NC(=O)CCc2ccccc2OC)cc1. The number of nitrogens with two attached hydrogens (primary N) is 1. The lowest BCUT2D eigenvalue weighted by molar-refractivity contribution is -0.116. The number of rotatable bonds is 8. The minimum atomic E-state index is -0.493. The molecule has 3 N–H and O–H groups in total. The number of amides is 2. The number of primary amides is 1. The number of ether oxygens (including phenoxy) is 1. The Morgan fingerprint density at radius 2 is 1.86 bits per heavy atom. The number of benzene rings is 2. The number of methoxy groups -OCH3 is 1. The third kappa shape index (κ3) is 4.63. The molecular weight excluding hydrogens is 368 g/mol. The Balaban J connectivity index is 1.65. The molecule has 2 amide bonds. The van der Waals surface area contributed by atoms with Gasteiger partial charge in [-0.3, -0.25) is 9.59 Å². The van der Waals surface area contributed by atoms with Crippen molar-refractivity contribution in [1.82, 2.24) is 9.78 Å². The maximum absolute atomic E-state index is 12.3. The summed E-state index contributed by atoms with van der Waals surface area (Å²) in [6, 6.07) is 15.0. The van der Waals surface area contributed by atoms with Crippen LogP contribution in [0.15, 0.2) is 54.7 Å². The second-order valence-electron chi connectivity index (χ2n) is 6.54. The second-order valence-corrected chi connectivity index (χ2v) is 6.54. The highest BCUT2D eigenvalue weighted by Crippen LogP contribution is 2.20. The summed E-state index contributed by atoms with van der Waals surface area (Å²) in [6.45, 7) is 1.94. The lowest BCUT2D eigenvalue weighted by Gasteiger charge is -2.10. The first kappa shape index (κ1) is 20.1. The summed E-state index contributed by atoms with van der Waals surface area (Å²) in [5.41, 5.74) is 9.06. The number of hydrogen-bond acceptors (Lipinski definition) is 4. The van der Waals surface area contributed by atoms with E-state index in [0.29, 0.717) is 30.5 Å². The average Bonchev–Trinajstić information content (AvgIpc) is 3.17. The average molecular weight is 392 g/mol. The number of aromatic nitrogens is 2. The van der Waals surface area contributed by atoms with Crippen molar-refractivity contribution in [3.8, 4) is 11.4 Å². The van der Waals surface area contributed by atoms with Gasteiger partial charge in [0.1, 0.15) is 5.75 Å². The fraction of sp³-hybridized carbons (Fsp3) is 0.227. The van der Waals surface area contributed by atoms with Crippen LogP contribution in [0.3, 0.4) is 0 Å². The Kier molecular flexibility index (Phi) is 6.29. The molecule has 7 heteroatoms. The minimum absolute atomic E-state index is 0.0759. The van der Waals surface area contributed by atoms with E-state index < -0.39 is 5.91 Å². The van der Waals surface area contributed by atoms with Gasteiger partial charge < -0.3 is 15.8 Å². The highest BCUT2D eigenvalue weighted by molar-refractivity contribution is 5.94. The highest BCUT2D eigenvalue weighted by Gasteiger charge is 2.14. The van der Waals surface area contributed by atoms with Crippen LogP contribution in [-0.2, 0) is 17.6 Å². The van der Waals surface area contributed by atoms with Gasteiger partial charge in [0.2, 0.25) is 5.91 Å². The molecule has 150 valence electrons. The van der Waals surface area contributed by atoms with Crippen LogP contribution in [0.1, 0.15) is 35.0 Å². The van der Waals surface area contributed by atoms with Crippen LogP contribution in [-0.4, -0.2) is 28.7 Å². The number of nitrogens with one attached hydrogen (secondary N) is 1. The molecule has 0 aliphatic rings. The molecule has 0 fully saturated rings. The van der Waals surface area contributed by atoms with Crippen molar-refractivity contribution < 1.29 is 14.3 Å². The van der Waals surface area contributed by atoms with Gasteiger partial charge in [-0.15, -0.1) is 0 Å². The molecule has 0 radical (unpaired) electrons. The number of carbonyl (C=O) groups is 2. The number of nitrogens with zero attached hydrogens (tertiary/aromatic N) is 2. The smallest absolute Gasteiger partial charge is 0.252 e. The normalized spacial score (nSPS) is 10.6. The highest BCUT2D eigenvalue weighted by atomic mass is 16.5. The van der Waals surface area contributed by atoms with Gasteiger partial charge in [0.25, 0.3) is 5.91 Å². The number of anilines is 1. The summed E-state index contributed by atoms with van der Waals surface area (Å²) in [5, 5.41) is 7.16. The molecule has 0 saturated heterocycles. The molecule has 1 heterocycles. The van der Waals surface area contributed by atoms with Gasteiger partial charge in [0.05, 0.1) is 30.3 Å². The first-order chi connectivity index (χ1) is 14.0. The van der Waals surface area contributed by atoms with Crippen LogP contribution in [0.5, 0.6) is 5.75 Å². The van der Waals surface area contributed by atoms with E-state index in [-0.39, 0.29) is 5.91 Å². The lowest BCUT2D eigenvalue weighted by atomic mass is 10.1. The first-order valence-corrected chi connectivity index (χ1v) is 9.42. The quantitative estimate of drug-likeness (QED) is 0.615. The fourth-order valence-corrected chi connectivity index (χ4v) is 3.21. The van der Waals surface area contributed by atoms with Crippen LogP contribution in [0, 0.1) is 0 Å². The zero-order chi connectivity index (χ0) is 20.8. The van der Waals surface area contributed by atoms with Gasteiger partial charge >= 0.3 is 0 Å². The van der Waals surface area contributed by atoms with Gasteiger partial charge in [-0.2, -0.15) is 5.10 Å². The molecule has 0 bridgehead atoms. The van der Waals surface area contributed by atoms with E-state index >= 15 is 0 Å². The summed E-state index contributed by atoms with van der Waals surface area (Å²) >= 11 is 0. The van der Waals surface area contributed by atoms with Gasteiger partial charge in [0.15, 0.2) is 0 Å². The van der Waals surface area contributed by atoms with Crippen molar-refractivity contribution in [1.29, 1.82) is 0 Å². The molecule has 7 nitrogen and oxygen atoms in total. The molecular formula is C22H24N4O3. The first-order valence-electron chi connectivity index (χ1n) is 9.42. The molecule has 1 aromatic heterocycles. The van der Waals surface area contributed by atoms with E-state index in [9.17, 15) is 9.59 Å². The second kappa shape index (κ2) is 9.05. The predicted molar refractivity (Wildman–Crippen MR) is 111 cm³/mol. The Bertz CT molecular complexity index is 1010. The topological polar surface area (TPSA) is 99.2 Å². The number of hydrogen-bond donors (Lipinski definition) is 2. The van der Waals surface area contributed by atoms with Crippen LogP contribution in [0.4, 0.5) is 5.69 Å². The van der Waals surface area contributed by atoms with Gasteiger partial charge in [-0.25, -0.2) is 4.68 Å². The largest absolute Gasteiger partial charge is 0.496 e. The Morgan fingerprint density at radius 3 is 2.52 bits per heavy atom. The van der Waals surface area contributed by atoms with Crippen molar-refractivity contribution in [2.45, 2.75) is 26.2 Å². The van der Waals surface area contributed by atoms with E-state index in [0.717, 1.165) is 22.7 Å². The number of aryl methyl sites for hydroxylation is 1. The van der Waals surface area contributed by atoms with E-state index in [2.05, 4.69) is 10.4 Å². The molecule has 0 aliphatic carbocycles. The van der Waals surface area contributed by atoms with Crippen molar-refractivity contribution in [2.24, 2.45) is 5.73 Å². The zero-order valence-electron chi connectivity index (χ0n) is 16.5. The summed E-state index contributed by atoms with van der Waals surface area (Å²) in [6.07, 6.45) is 3.05. The fourth-order valence-electron chi connectivity index (χ4n) is 3.21. The van der Waals surface area contributed by atoms with E-state index in [1.807, 2.05) is 43.3 Å². The molecule has 0 aliphatic heterocycles. The number of para-hydroxylation sites is 1. The summed E-state index contributed by atoms with van der Waals surface area (Å²) in [7, 11) is 1.62. The van der Waals surface area contributed by atoms with Crippen molar-refractivity contribution in [3.05, 3.63) is 71.5 Å². The Hall–Kier alpha value is -3.61. The van der Waals surface area contributed by atoms with Crippen molar-refractivity contribution in [2.75, 3.05) is 12.4 Å². The molecule has 3 rings (SSSR count).